The maximum absolute atomic E-state index is 13.3. The summed E-state index contributed by atoms with van der Waals surface area (Å²) in [5, 5.41) is 6.87. The molecule has 1 saturated heterocycles. The molecule has 1 aliphatic heterocycles. The number of para-hydroxylation sites is 2. The Morgan fingerprint density at radius 2 is 1.96 bits per heavy atom. The Morgan fingerprint density at radius 3 is 2.75 bits per heavy atom. The van der Waals surface area contributed by atoms with E-state index in [-0.39, 0.29) is 5.82 Å². The summed E-state index contributed by atoms with van der Waals surface area (Å²) in [5.41, 5.74) is 9.04. The molecule has 7 heteroatoms. The van der Waals surface area contributed by atoms with Crippen LogP contribution in [0.15, 0.2) is 47.0 Å². The average molecular weight is 383 g/mol. The van der Waals surface area contributed by atoms with Crippen molar-refractivity contribution in [1.29, 1.82) is 0 Å². The number of likely N-dealkylation sites (tertiary alicyclic amines) is 1. The molecule has 0 unspecified atom stereocenters. The predicted octanol–water partition coefficient (Wildman–Crippen LogP) is 3.50. The number of hydrogen-bond acceptors (Lipinski definition) is 6. The molecule has 1 aromatic heterocycles. The van der Waals surface area contributed by atoms with Gasteiger partial charge in [0.25, 0.3) is 0 Å². The van der Waals surface area contributed by atoms with E-state index in [1.807, 2.05) is 24.3 Å². The van der Waals surface area contributed by atoms with Gasteiger partial charge >= 0.3 is 0 Å². The topological polar surface area (TPSA) is 84.5 Å². The summed E-state index contributed by atoms with van der Waals surface area (Å²) in [6.07, 6.45) is 3.02. The number of piperidine rings is 1. The third-order valence-electron chi connectivity index (χ3n) is 5.56. The Balaban J connectivity index is 1.27. The summed E-state index contributed by atoms with van der Waals surface area (Å²) < 4.78 is 18.7. The van der Waals surface area contributed by atoms with E-state index in [0.717, 1.165) is 62.2 Å². The van der Waals surface area contributed by atoms with E-state index in [0.29, 0.717) is 17.2 Å². The second-order valence-corrected chi connectivity index (χ2v) is 7.43. The van der Waals surface area contributed by atoms with Crippen LogP contribution in [0.4, 0.5) is 15.8 Å². The number of nitrogens with two attached hydrogens (primary N) is 2. The number of nitrogen functional groups attached to an aromatic ring is 1. The van der Waals surface area contributed by atoms with Crippen LogP contribution in [0.25, 0.3) is 11.0 Å². The number of aromatic nitrogens is 1. The molecular weight excluding hydrogens is 357 g/mol. The third-order valence-corrected chi connectivity index (χ3v) is 5.56. The minimum absolute atomic E-state index is 0.295. The summed E-state index contributed by atoms with van der Waals surface area (Å²) in [6, 6.07) is 12.3. The number of hydrogen-bond donors (Lipinski definition) is 2. The van der Waals surface area contributed by atoms with Crippen LogP contribution in [-0.2, 0) is 0 Å². The van der Waals surface area contributed by atoms with Crippen LogP contribution in [0.5, 0.6) is 0 Å². The second kappa shape index (κ2) is 8.16. The molecule has 0 radical (unpaired) electrons. The number of hydrazine groups is 1. The first-order valence-corrected chi connectivity index (χ1v) is 9.76. The van der Waals surface area contributed by atoms with Gasteiger partial charge in [0.2, 0.25) is 0 Å². The molecule has 1 aliphatic rings. The van der Waals surface area contributed by atoms with Crippen molar-refractivity contribution in [2.24, 2.45) is 5.84 Å². The molecule has 3 aromatic rings. The van der Waals surface area contributed by atoms with Crippen molar-refractivity contribution < 1.29 is 8.91 Å². The van der Waals surface area contributed by atoms with Gasteiger partial charge in [0.15, 0.2) is 5.58 Å². The second-order valence-electron chi connectivity index (χ2n) is 7.43. The van der Waals surface area contributed by atoms with E-state index >= 15 is 0 Å². The minimum Gasteiger partial charge on any atom is -0.397 e. The molecule has 28 heavy (non-hydrogen) atoms. The Morgan fingerprint density at radius 1 is 1.18 bits per heavy atom. The molecule has 4 rings (SSSR count). The highest BCUT2D eigenvalue weighted by atomic mass is 19.1. The summed E-state index contributed by atoms with van der Waals surface area (Å²) in [4.78, 5) is 2.46. The highest BCUT2D eigenvalue weighted by molar-refractivity contribution is 5.79. The molecule has 6 nitrogen and oxygen atoms in total. The van der Waals surface area contributed by atoms with Crippen molar-refractivity contribution in [2.45, 2.75) is 25.2 Å². The van der Waals surface area contributed by atoms with E-state index in [9.17, 15) is 4.39 Å². The first-order chi connectivity index (χ1) is 13.6. The Labute approximate surface area is 163 Å². The van der Waals surface area contributed by atoms with Gasteiger partial charge in [0.1, 0.15) is 5.82 Å². The normalized spacial score (nSPS) is 15.9. The summed E-state index contributed by atoms with van der Waals surface area (Å²) in [5.74, 6) is 6.21. The highest BCUT2D eigenvalue weighted by Crippen LogP contribution is 2.32. The SMILES string of the molecule is Nc1ccccc1N(N)CCCN1CCC(c2noc3cc(F)ccc23)CC1. The molecule has 1 fully saturated rings. The largest absolute Gasteiger partial charge is 0.397 e. The van der Waals surface area contributed by atoms with Gasteiger partial charge in [0.05, 0.1) is 17.1 Å². The molecule has 0 bridgehead atoms. The van der Waals surface area contributed by atoms with E-state index < -0.39 is 0 Å². The lowest BCUT2D eigenvalue weighted by Crippen LogP contribution is -2.37. The number of anilines is 2. The number of fused-ring (bicyclic) bond motifs is 1. The van der Waals surface area contributed by atoms with Crippen molar-refractivity contribution in [3.05, 3.63) is 54.0 Å². The molecule has 0 spiro atoms. The Bertz CT molecular complexity index is 935. The van der Waals surface area contributed by atoms with Crippen LogP contribution in [0.2, 0.25) is 0 Å². The van der Waals surface area contributed by atoms with Crippen LogP contribution in [0.3, 0.4) is 0 Å². The lowest BCUT2D eigenvalue weighted by Gasteiger charge is -2.31. The van der Waals surface area contributed by atoms with Crippen molar-refractivity contribution in [3.8, 4) is 0 Å². The molecule has 0 amide bonds. The highest BCUT2D eigenvalue weighted by Gasteiger charge is 2.25. The molecule has 0 saturated carbocycles. The average Bonchev–Trinajstić information content (AvgIpc) is 3.11. The molecule has 2 heterocycles. The van der Waals surface area contributed by atoms with Gasteiger partial charge in [-0.15, -0.1) is 0 Å². The monoisotopic (exact) mass is 383 g/mol. The zero-order valence-electron chi connectivity index (χ0n) is 15.9. The van der Waals surface area contributed by atoms with E-state index in [1.165, 1.54) is 12.1 Å². The zero-order valence-corrected chi connectivity index (χ0v) is 15.9. The Kier molecular flexibility index (Phi) is 5.45. The van der Waals surface area contributed by atoms with Crippen LogP contribution >= 0.6 is 0 Å². The predicted molar refractivity (Wildman–Crippen MR) is 109 cm³/mol. The van der Waals surface area contributed by atoms with Gasteiger partial charge in [-0.2, -0.15) is 0 Å². The van der Waals surface area contributed by atoms with E-state index in [1.54, 1.807) is 11.1 Å². The lowest BCUT2D eigenvalue weighted by atomic mass is 9.91. The van der Waals surface area contributed by atoms with Gasteiger partial charge in [-0.05, 0) is 63.2 Å². The van der Waals surface area contributed by atoms with Crippen molar-refractivity contribution >= 4 is 22.3 Å². The first kappa shape index (κ1) is 18.7. The standard InChI is InChI=1S/C21H26FN5O/c22-16-6-7-17-20(14-16)28-25-21(17)15-8-12-26(13-9-15)10-3-11-27(24)19-5-2-1-4-18(19)23/h1-2,4-7,14-15H,3,8-13,23-24H2. The van der Waals surface area contributed by atoms with Crippen LogP contribution < -0.4 is 16.6 Å². The van der Waals surface area contributed by atoms with Gasteiger partial charge in [-0.3, -0.25) is 0 Å². The summed E-state index contributed by atoms with van der Waals surface area (Å²) in [7, 11) is 0. The Hall–Kier alpha value is -2.64. The summed E-state index contributed by atoms with van der Waals surface area (Å²) >= 11 is 0. The van der Waals surface area contributed by atoms with Crippen LogP contribution in [-0.4, -0.2) is 36.2 Å². The zero-order chi connectivity index (χ0) is 19.5. The van der Waals surface area contributed by atoms with Gasteiger partial charge in [-0.1, -0.05) is 17.3 Å². The fraction of sp³-hybridized carbons (Fsp3) is 0.381. The molecule has 2 aromatic carbocycles. The van der Waals surface area contributed by atoms with E-state index in [2.05, 4.69) is 10.1 Å². The number of nitrogens with zero attached hydrogens (tertiary/aromatic N) is 3. The van der Waals surface area contributed by atoms with Crippen LogP contribution in [0, 0.1) is 5.82 Å². The molecule has 0 atom stereocenters. The smallest absolute Gasteiger partial charge is 0.170 e. The molecule has 0 aliphatic carbocycles. The number of benzene rings is 2. The third kappa shape index (κ3) is 3.95. The molecule has 148 valence electrons. The maximum Gasteiger partial charge on any atom is 0.170 e. The fourth-order valence-electron chi connectivity index (χ4n) is 3.99. The first-order valence-electron chi connectivity index (χ1n) is 9.76. The van der Waals surface area contributed by atoms with Crippen molar-refractivity contribution in [3.63, 3.8) is 0 Å². The quantitative estimate of drug-likeness (QED) is 0.385. The van der Waals surface area contributed by atoms with Gasteiger partial charge in [0, 0.05) is 23.9 Å². The minimum atomic E-state index is -0.295. The molecular formula is C21H26FN5O. The van der Waals surface area contributed by atoms with Crippen molar-refractivity contribution in [1.82, 2.24) is 10.1 Å². The van der Waals surface area contributed by atoms with Gasteiger partial charge in [-0.25, -0.2) is 10.2 Å². The maximum atomic E-state index is 13.3. The van der Waals surface area contributed by atoms with Crippen molar-refractivity contribution in [2.75, 3.05) is 36.9 Å². The summed E-state index contributed by atoms with van der Waals surface area (Å²) in [6.45, 7) is 3.78. The van der Waals surface area contributed by atoms with Gasteiger partial charge < -0.3 is 20.2 Å². The van der Waals surface area contributed by atoms with E-state index in [4.69, 9.17) is 16.1 Å². The number of rotatable bonds is 6. The number of halogens is 1. The van der Waals surface area contributed by atoms with Crippen LogP contribution in [0.1, 0.15) is 30.9 Å². The molecule has 4 N–H and O–H groups in total. The fourth-order valence-corrected chi connectivity index (χ4v) is 3.99. The lowest BCUT2D eigenvalue weighted by molar-refractivity contribution is 0.208.